The van der Waals surface area contributed by atoms with Gasteiger partial charge in [-0.1, -0.05) is 42.5 Å². The summed E-state index contributed by atoms with van der Waals surface area (Å²) in [5.74, 6) is 0. The average molecular weight is 351 g/mol. The molecule has 0 unspecified atom stereocenters. The molecule has 0 bridgehead atoms. The molecular formula is C22H29N3O. The Morgan fingerprint density at radius 3 is 2.50 bits per heavy atom. The molecule has 3 rings (SSSR count). The number of nitrogens with zero attached hydrogens (tertiary/aromatic N) is 1. The maximum Gasteiger partial charge on any atom is 0.0555 e. The largest absolute Gasteiger partial charge is 0.395 e. The normalized spacial score (nSPS) is 11.3. The first kappa shape index (κ1) is 18.6. The predicted octanol–water partition coefficient (Wildman–Crippen LogP) is 3.06. The molecular weight excluding hydrogens is 322 g/mol. The van der Waals surface area contributed by atoms with Crippen molar-refractivity contribution in [2.24, 2.45) is 0 Å². The van der Waals surface area contributed by atoms with Gasteiger partial charge in [-0.15, -0.1) is 0 Å². The Bertz CT molecular complexity index is 825. The van der Waals surface area contributed by atoms with E-state index in [1.165, 1.54) is 27.6 Å². The molecule has 3 aromatic rings. The Morgan fingerprint density at radius 1 is 0.885 bits per heavy atom. The first-order valence-corrected chi connectivity index (χ1v) is 9.43. The number of aryl methyl sites for hydroxylation is 1. The van der Waals surface area contributed by atoms with E-state index in [0.29, 0.717) is 6.54 Å². The molecule has 0 spiro atoms. The van der Waals surface area contributed by atoms with Crippen molar-refractivity contribution in [1.29, 1.82) is 0 Å². The van der Waals surface area contributed by atoms with Gasteiger partial charge in [-0.25, -0.2) is 0 Å². The number of hydrogen-bond donors (Lipinski definition) is 3. The highest BCUT2D eigenvalue weighted by Gasteiger charge is 2.09. The fourth-order valence-electron chi connectivity index (χ4n) is 3.33. The Morgan fingerprint density at radius 2 is 1.65 bits per heavy atom. The zero-order valence-electron chi connectivity index (χ0n) is 15.5. The minimum Gasteiger partial charge on any atom is -0.395 e. The van der Waals surface area contributed by atoms with Crippen molar-refractivity contribution in [3.63, 3.8) is 0 Å². The minimum atomic E-state index is 0.202. The molecule has 0 aliphatic heterocycles. The van der Waals surface area contributed by atoms with Crippen molar-refractivity contribution < 1.29 is 5.11 Å². The molecule has 2 aromatic carbocycles. The van der Waals surface area contributed by atoms with E-state index in [1.54, 1.807) is 0 Å². The zero-order valence-corrected chi connectivity index (χ0v) is 15.5. The van der Waals surface area contributed by atoms with E-state index in [0.717, 1.165) is 32.6 Å². The number of rotatable bonds is 10. The third-order valence-electron chi connectivity index (χ3n) is 4.78. The first-order valence-electron chi connectivity index (χ1n) is 9.43. The Balaban J connectivity index is 1.66. The summed E-state index contributed by atoms with van der Waals surface area (Å²) in [6.45, 7) is 6.73. The van der Waals surface area contributed by atoms with Gasteiger partial charge in [0.25, 0.3) is 0 Å². The fourth-order valence-corrected chi connectivity index (χ4v) is 3.33. The SMILES string of the molecule is Cc1ccccc1Cn1cc(CNCCCNCCO)c2ccccc21. The second-order valence-electron chi connectivity index (χ2n) is 6.73. The van der Waals surface area contributed by atoms with Gasteiger partial charge in [-0.2, -0.15) is 0 Å². The van der Waals surface area contributed by atoms with Crippen LogP contribution in [0.4, 0.5) is 0 Å². The number of hydrogen-bond acceptors (Lipinski definition) is 3. The van der Waals surface area contributed by atoms with Gasteiger partial charge in [0.2, 0.25) is 0 Å². The second-order valence-corrected chi connectivity index (χ2v) is 6.73. The highest BCUT2D eigenvalue weighted by atomic mass is 16.3. The zero-order chi connectivity index (χ0) is 18.2. The van der Waals surface area contributed by atoms with E-state index >= 15 is 0 Å². The van der Waals surface area contributed by atoms with Crippen molar-refractivity contribution >= 4 is 10.9 Å². The molecule has 0 atom stereocenters. The summed E-state index contributed by atoms with van der Waals surface area (Å²) >= 11 is 0. The molecule has 0 aliphatic rings. The van der Waals surface area contributed by atoms with Crippen molar-refractivity contribution in [2.75, 3.05) is 26.2 Å². The summed E-state index contributed by atoms with van der Waals surface area (Å²) < 4.78 is 2.36. The highest BCUT2D eigenvalue weighted by Crippen LogP contribution is 2.23. The maximum atomic E-state index is 8.76. The van der Waals surface area contributed by atoms with Crippen LogP contribution in [0, 0.1) is 6.92 Å². The number of benzene rings is 2. The molecule has 26 heavy (non-hydrogen) atoms. The van der Waals surface area contributed by atoms with Crippen LogP contribution in [0.1, 0.15) is 23.1 Å². The highest BCUT2D eigenvalue weighted by molar-refractivity contribution is 5.84. The van der Waals surface area contributed by atoms with Gasteiger partial charge in [-0.05, 0) is 49.2 Å². The molecule has 4 nitrogen and oxygen atoms in total. The minimum absolute atomic E-state index is 0.202. The molecule has 4 heteroatoms. The van der Waals surface area contributed by atoms with Gasteiger partial charge in [0, 0.05) is 36.7 Å². The Labute approximate surface area is 155 Å². The van der Waals surface area contributed by atoms with Crippen LogP contribution in [0.5, 0.6) is 0 Å². The van der Waals surface area contributed by atoms with Crippen LogP contribution in [-0.4, -0.2) is 35.9 Å². The molecule has 0 saturated carbocycles. The van der Waals surface area contributed by atoms with E-state index in [-0.39, 0.29) is 6.61 Å². The van der Waals surface area contributed by atoms with Gasteiger partial charge in [0.15, 0.2) is 0 Å². The van der Waals surface area contributed by atoms with Crippen LogP contribution in [0.3, 0.4) is 0 Å². The molecule has 1 aromatic heterocycles. The summed E-state index contributed by atoms with van der Waals surface area (Å²) in [6.07, 6.45) is 3.34. The Hall–Kier alpha value is -2.14. The van der Waals surface area contributed by atoms with E-state index < -0.39 is 0 Å². The van der Waals surface area contributed by atoms with Crippen LogP contribution in [-0.2, 0) is 13.1 Å². The number of aliphatic hydroxyl groups is 1. The molecule has 3 N–H and O–H groups in total. The third kappa shape index (κ3) is 4.73. The van der Waals surface area contributed by atoms with Crippen molar-refractivity contribution in [3.05, 3.63) is 71.4 Å². The number of fused-ring (bicyclic) bond motifs is 1. The topological polar surface area (TPSA) is 49.2 Å². The molecule has 0 aliphatic carbocycles. The lowest BCUT2D eigenvalue weighted by atomic mass is 10.1. The van der Waals surface area contributed by atoms with Crippen molar-refractivity contribution in [3.8, 4) is 0 Å². The lowest BCUT2D eigenvalue weighted by Crippen LogP contribution is -2.23. The number of aromatic nitrogens is 1. The molecule has 138 valence electrons. The van der Waals surface area contributed by atoms with Crippen molar-refractivity contribution in [2.45, 2.75) is 26.4 Å². The maximum absolute atomic E-state index is 8.76. The first-order chi connectivity index (χ1) is 12.8. The fraction of sp³-hybridized carbons (Fsp3) is 0.364. The van der Waals surface area contributed by atoms with E-state index in [1.807, 2.05) is 0 Å². The van der Waals surface area contributed by atoms with Crippen LogP contribution < -0.4 is 10.6 Å². The van der Waals surface area contributed by atoms with Gasteiger partial charge in [-0.3, -0.25) is 0 Å². The summed E-state index contributed by atoms with van der Waals surface area (Å²) in [5, 5.41) is 16.8. The molecule has 0 saturated heterocycles. The number of nitrogens with one attached hydrogen (secondary N) is 2. The van der Waals surface area contributed by atoms with Crippen LogP contribution in [0.15, 0.2) is 54.7 Å². The van der Waals surface area contributed by atoms with Crippen LogP contribution in [0.25, 0.3) is 10.9 Å². The summed E-state index contributed by atoms with van der Waals surface area (Å²) in [6, 6.07) is 17.2. The van der Waals surface area contributed by atoms with E-state index in [9.17, 15) is 0 Å². The van der Waals surface area contributed by atoms with E-state index in [2.05, 4.69) is 76.9 Å². The van der Waals surface area contributed by atoms with Gasteiger partial charge in [0.1, 0.15) is 0 Å². The average Bonchev–Trinajstić information content (AvgIpc) is 3.01. The van der Waals surface area contributed by atoms with Gasteiger partial charge in [0.05, 0.1) is 6.61 Å². The summed E-state index contributed by atoms with van der Waals surface area (Å²) in [7, 11) is 0. The molecule has 0 radical (unpaired) electrons. The smallest absolute Gasteiger partial charge is 0.0555 e. The quantitative estimate of drug-likeness (QED) is 0.492. The second kappa shape index (κ2) is 9.53. The summed E-state index contributed by atoms with van der Waals surface area (Å²) in [5.41, 5.74) is 5.33. The predicted molar refractivity (Wildman–Crippen MR) is 108 cm³/mol. The molecule has 1 heterocycles. The lowest BCUT2D eigenvalue weighted by Gasteiger charge is -2.08. The standard InChI is InChI=1S/C22H29N3O/c1-18-7-2-3-8-19(18)16-25-17-20(21-9-4-5-10-22(21)25)15-24-12-6-11-23-13-14-26/h2-5,7-10,17,23-24,26H,6,11-16H2,1H3. The molecule has 0 amide bonds. The number of aliphatic hydroxyl groups excluding tert-OH is 1. The lowest BCUT2D eigenvalue weighted by molar-refractivity contribution is 0.292. The number of para-hydroxylation sites is 1. The van der Waals surface area contributed by atoms with E-state index in [4.69, 9.17) is 5.11 Å². The van der Waals surface area contributed by atoms with Crippen LogP contribution in [0.2, 0.25) is 0 Å². The van der Waals surface area contributed by atoms with Crippen molar-refractivity contribution in [1.82, 2.24) is 15.2 Å². The van der Waals surface area contributed by atoms with Crippen LogP contribution >= 0.6 is 0 Å². The van der Waals surface area contributed by atoms with Gasteiger partial charge >= 0.3 is 0 Å². The Kier molecular flexibility index (Phi) is 6.83. The third-order valence-corrected chi connectivity index (χ3v) is 4.78. The molecule has 0 fully saturated rings. The monoisotopic (exact) mass is 351 g/mol. The summed E-state index contributed by atoms with van der Waals surface area (Å²) in [4.78, 5) is 0. The van der Waals surface area contributed by atoms with Gasteiger partial charge < -0.3 is 20.3 Å².